The molecule has 1 unspecified atom stereocenters. The molecule has 0 aromatic carbocycles. The summed E-state index contributed by atoms with van der Waals surface area (Å²) in [5, 5.41) is 3.45. The van der Waals surface area contributed by atoms with Gasteiger partial charge in [0, 0.05) is 36.9 Å². The van der Waals surface area contributed by atoms with Gasteiger partial charge in [-0.2, -0.15) is 0 Å². The first kappa shape index (κ1) is 16.2. The largest absolute Gasteiger partial charge is 0.477 e. The van der Waals surface area contributed by atoms with Crippen LogP contribution in [0.15, 0.2) is 12.1 Å². The number of nitrogens with zero attached hydrogens (tertiary/aromatic N) is 1. The summed E-state index contributed by atoms with van der Waals surface area (Å²) in [6.07, 6.45) is 3.19. The van der Waals surface area contributed by atoms with Crippen molar-refractivity contribution in [3.63, 3.8) is 0 Å². The minimum Gasteiger partial charge on any atom is -0.477 e. The molecule has 1 fully saturated rings. The SMILES string of the molecule is CCCc1cc(CNC(C)C)cc(OCC2CCOC2)n1. The van der Waals surface area contributed by atoms with Crippen molar-refractivity contribution in [3.8, 4) is 5.88 Å². The van der Waals surface area contributed by atoms with Crippen LogP contribution in [-0.2, 0) is 17.7 Å². The van der Waals surface area contributed by atoms with Gasteiger partial charge in [0.25, 0.3) is 0 Å². The molecule has 1 aromatic rings. The maximum absolute atomic E-state index is 5.91. The summed E-state index contributed by atoms with van der Waals surface area (Å²) >= 11 is 0. The lowest BCUT2D eigenvalue weighted by Gasteiger charge is -2.13. The van der Waals surface area contributed by atoms with E-state index in [-0.39, 0.29) is 0 Å². The lowest BCUT2D eigenvalue weighted by Crippen LogP contribution is -2.22. The Balaban J connectivity index is 1.99. The van der Waals surface area contributed by atoms with Gasteiger partial charge < -0.3 is 14.8 Å². The minimum absolute atomic E-state index is 0.479. The normalized spacial score (nSPS) is 18.4. The molecule has 0 radical (unpaired) electrons. The molecule has 21 heavy (non-hydrogen) atoms. The predicted molar refractivity (Wildman–Crippen MR) is 84.6 cm³/mol. The Morgan fingerprint density at radius 2 is 2.29 bits per heavy atom. The highest BCUT2D eigenvalue weighted by Crippen LogP contribution is 2.18. The van der Waals surface area contributed by atoms with Gasteiger partial charge in [-0.15, -0.1) is 0 Å². The van der Waals surface area contributed by atoms with E-state index < -0.39 is 0 Å². The Morgan fingerprint density at radius 1 is 1.43 bits per heavy atom. The zero-order valence-corrected chi connectivity index (χ0v) is 13.5. The quantitative estimate of drug-likeness (QED) is 0.800. The molecule has 1 N–H and O–H groups in total. The first-order valence-corrected chi connectivity index (χ1v) is 8.11. The molecular formula is C17H28N2O2. The topological polar surface area (TPSA) is 43.4 Å². The average Bonchev–Trinajstić information content (AvgIpc) is 2.96. The van der Waals surface area contributed by atoms with E-state index >= 15 is 0 Å². The van der Waals surface area contributed by atoms with Gasteiger partial charge in [-0.25, -0.2) is 4.98 Å². The molecule has 0 spiro atoms. The first-order valence-electron chi connectivity index (χ1n) is 8.11. The number of aromatic nitrogens is 1. The summed E-state index contributed by atoms with van der Waals surface area (Å²) in [5.41, 5.74) is 2.37. The van der Waals surface area contributed by atoms with E-state index in [1.165, 1.54) is 5.56 Å². The molecular weight excluding hydrogens is 264 g/mol. The van der Waals surface area contributed by atoms with E-state index in [9.17, 15) is 0 Å². The van der Waals surface area contributed by atoms with Gasteiger partial charge in [0.1, 0.15) is 0 Å². The Labute approximate surface area is 128 Å². The third-order valence-corrected chi connectivity index (χ3v) is 3.63. The molecule has 1 atom stereocenters. The maximum atomic E-state index is 5.91. The summed E-state index contributed by atoms with van der Waals surface area (Å²) in [6.45, 7) is 9.74. The van der Waals surface area contributed by atoms with Gasteiger partial charge in [0.2, 0.25) is 5.88 Å². The third-order valence-electron chi connectivity index (χ3n) is 3.63. The zero-order chi connectivity index (χ0) is 15.1. The number of hydrogen-bond donors (Lipinski definition) is 1. The molecule has 0 saturated carbocycles. The third kappa shape index (κ3) is 5.64. The second kappa shape index (κ2) is 8.35. The van der Waals surface area contributed by atoms with Gasteiger partial charge >= 0.3 is 0 Å². The van der Waals surface area contributed by atoms with E-state index in [1.807, 2.05) is 0 Å². The molecule has 4 heteroatoms. The van der Waals surface area contributed by atoms with Gasteiger partial charge in [0.05, 0.1) is 13.2 Å². The van der Waals surface area contributed by atoms with Crippen LogP contribution in [0.4, 0.5) is 0 Å². The number of rotatable bonds is 8. The molecule has 0 bridgehead atoms. The van der Waals surface area contributed by atoms with Crippen LogP contribution in [0.3, 0.4) is 0 Å². The van der Waals surface area contributed by atoms with Crippen molar-refractivity contribution in [2.24, 2.45) is 5.92 Å². The Hall–Kier alpha value is -1.13. The van der Waals surface area contributed by atoms with E-state index in [4.69, 9.17) is 9.47 Å². The van der Waals surface area contributed by atoms with E-state index in [1.54, 1.807) is 0 Å². The first-order chi connectivity index (χ1) is 10.2. The molecule has 0 amide bonds. The van der Waals surface area contributed by atoms with Gasteiger partial charge in [-0.1, -0.05) is 27.2 Å². The van der Waals surface area contributed by atoms with Crippen molar-refractivity contribution in [2.75, 3.05) is 19.8 Å². The number of pyridine rings is 1. The van der Waals surface area contributed by atoms with Crippen LogP contribution >= 0.6 is 0 Å². The van der Waals surface area contributed by atoms with Crippen molar-refractivity contribution in [1.82, 2.24) is 10.3 Å². The second-order valence-electron chi connectivity index (χ2n) is 6.13. The maximum Gasteiger partial charge on any atom is 0.213 e. The Kier molecular flexibility index (Phi) is 6.46. The highest BCUT2D eigenvalue weighted by Gasteiger charge is 2.16. The van der Waals surface area contributed by atoms with Crippen LogP contribution in [-0.4, -0.2) is 30.8 Å². The highest BCUT2D eigenvalue weighted by atomic mass is 16.5. The Morgan fingerprint density at radius 3 is 2.95 bits per heavy atom. The van der Waals surface area contributed by atoms with Crippen molar-refractivity contribution in [1.29, 1.82) is 0 Å². The van der Waals surface area contributed by atoms with Crippen LogP contribution in [0, 0.1) is 5.92 Å². The van der Waals surface area contributed by atoms with Crippen molar-refractivity contribution < 1.29 is 9.47 Å². The van der Waals surface area contributed by atoms with Crippen molar-refractivity contribution >= 4 is 0 Å². The fourth-order valence-electron chi connectivity index (χ4n) is 2.42. The number of aryl methyl sites for hydroxylation is 1. The molecule has 1 aromatic heterocycles. The van der Waals surface area contributed by atoms with Crippen LogP contribution in [0.5, 0.6) is 5.88 Å². The number of ether oxygens (including phenoxy) is 2. The highest BCUT2D eigenvalue weighted by molar-refractivity contribution is 5.25. The molecule has 4 nitrogen and oxygen atoms in total. The van der Waals surface area contributed by atoms with Crippen LogP contribution < -0.4 is 10.1 Å². The second-order valence-corrected chi connectivity index (χ2v) is 6.13. The van der Waals surface area contributed by atoms with E-state index in [0.717, 1.165) is 50.6 Å². The van der Waals surface area contributed by atoms with Gasteiger partial charge in [-0.05, 0) is 24.5 Å². The lowest BCUT2D eigenvalue weighted by molar-refractivity contribution is 0.165. The molecule has 1 aliphatic heterocycles. The predicted octanol–water partition coefficient (Wildman–Crippen LogP) is 2.95. The number of hydrogen-bond acceptors (Lipinski definition) is 4. The molecule has 2 rings (SSSR count). The van der Waals surface area contributed by atoms with Crippen molar-refractivity contribution in [2.45, 2.75) is 52.6 Å². The van der Waals surface area contributed by atoms with Gasteiger partial charge in [0.15, 0.2) is 0 Å². The monoisotopic (exact) mass is 292 g/mol. The minimum atomic E-state index is 0.479. The fraction of sp³-hybridized carbons (Fsp3) is 0.706. The zero-order valence-electron chi connectivity index (χ0n) is 13.5. The van der Waals surface area contributed by atoms with Crippen LogP contribution in [0.25, 0.3) is 0 Å². The summed E-state index contributed by atoms with van der Waals surface area (Å²) in [4.78, 5) is 4.62. The molecule has 1 aliphatic rings. The molecule has 118 valence electrons. The summed E-state index contributed by atoms with van der Waals surface area (Å²) < 4.78 is 11.3. The lowest BCUT2D eigenvalue weighted by atomic mass is 10.1. The standard InChI is InChI=1S/C17H28N2O2/c1-4-5-16-8-15(10-18-13(2)3)9-17(19-16)21-12-14-6-7-20-11-14/h8-9,13-14,18H,4-7,10-12H2,1-3H3. The molecule has 2 heterocycles. The van der Waals surface area contributed by atoms with E-state index in [0.29, 0.717) is 18.6 Å². The average molecular weight is 292 g/mol. The van der Waals surface area contributed by atoms with Gasteiger partial charge in [-0.3, -0.25) is 0 Å². The smallest absolute Gasteiger partial charge is 0.213 e. The fourth-order valence-corrected chi connectivity index (χ4v) is 2.42. The van der Waals surface area contributed by atoms with Crippen LogP contribution in [0.1, 0.15) is 44.9 Å². The molecule has 1 saturated heterocycles. The van der Waals surface area contributed by atoms with Crippen molar-refractivity contribution in [3.05, 3.63) is 23.4 Å². The number of nitrogens with one attached hydrogen (secondary N) is 1. The van der Waals surface area contributed by atoms with Crippen LogP contribution in [0.2, 0.25) is 0 Å². The Bertz CT molecular complexity index is 429. The van der Waals surface area contributed by atoms with E-state index in [2.05, 4.69) is 43.2 Å². The summed E-state index contributed by atoms with van der Waals surface area (Å²) in [5.74, 6) is 1.27. The summed E-state index contributed by atoms with van der Waals surface area (Å²) in [7, 11) is 0. The molecule has 0 aliphatic carbocycles. The summed E-state index contributed by atoms with van der Waals surface area (Å²) in [6, 6.07) is 4.72.